The third-order valence-corrected chi connectivity index (χ3v) is 5.73. The van der Waals surface area contributed by atoms with Gasteiger partial charge in [-0.15, -0.1) is 10.2 Å². The number of rotatable bonds is 6. The van der Waals surface area contributed by atoms with Crippen LogP contribution in [0.1, 0.15) is 0 Å². The van der Waals surface area contributed by atoms with Gasteiger partial charge in [0.2, 0.25) is 5.91 Å². The molecule has 4 aromatic rings. The highest BCUT2D eigenvalue weighted by atomic mass is 79.9. The zero-order valence-electron chi connectivity index (χ0n) is 16.0. The Balaban J connectivity index is 1.62. The van der Waals surface area contributed by atoms with Crippen LogP contribution < -0.4 is 5.32 Å². The standard InChI is InChI=1S/C22H16BrFN4O2S/c23-14-6-11-19(29)18(12-14)21-26-27-22(28(21)17-4-2-1-3-5-17)31-13-20(30)25-16-9-7-15(24)8-10-16/h1-12,29H,13H2,(H,25,30). The van der Waals surface area contributed by atoms with Gasteiger partial charge in [-0.25, -0.2) is 4.39 Å². The predicted molar refractivity (Wildman–Crippen MR) is 122 cm³/mol. The van der Waals surface area contributed by atoms with Crippen LogP contribution in [-0.2, 0) is 4.79 Å². The Bertz CT molecular complexity index is 1220. The molecule has 156 valence electrons. The van der Waals surface area contributed by atoms with Crippen LogP contribution in [0.5, 0.6) is 5.75 Å². The van der Waals surface area contributed by atoms with E-state index in [1.807, 2.05) is 30.3 Å². The Labute approximate surface area is 190 Å². The topological polar surface area (TPSA) is 80.0 Å². The summed E-state index contributed by atoms with van der Waals surface area (Å²) in [5.74, 6) is -0.0325. The van der Waals surface area contributed by atoms with Gasteiger partial charge in [0.25, 0.3) is 0 Å². The number of phenols is 1. The molecule has 0 unspecified atom stereocenters. The fourth-order valence-electron chi connectivity index (χ4n) is 2.90. The molecule has 4 rings (SSSR count). The molecule has 0 aliphatic heterocycles. The molecule has 0 aliphatic rings. The van der Waals surface area contributed by atoms with E-state index in [2.05, 4.69) is 31.4 Å². The normalized spacial score (nSPS) is 10.8. The van der Waals surface area contributed by atoms with Crippen molar-refractivity contribution in [3.63, 3.8) is 0 Å². The van der Waals surface area contributed by atoms with Crippen molar-refractivity contribution in [3.05, 3.63) is 83.1 Å². The lowest BCUT2D eigenvalue weighted by Crippen LogP contribution is -2.14. The highest BCUT2D eigenvalue weighted by molar-refractivity contribution is 9.10. The molecular formula is C22H16BrFN4O2S. The summed E-state index contributed by atoms with van der Waals surface area (Å²) >= 11 is 4.62. The average Bonchev–Trinajstić information content (AvgIpc) is 3.20. The maximum absolute atomic E-state index is 13.0. The Hall–Kier alpha value is -3.17. The minimum atomic E-state index is -0.369. The van der Waals surface area contributed by atoms with E-state index in [0.29, 0.717) is 22.2 Å². The molecule has 31 heavy (non-hydrogen) atoms. The molecule has 3 aromatic carbocycles. The number of halogens is 2. The number of carbonyl (C=O) groups excluding carboxylic acids is 1. The molecule has 0 aliphatic carbocycles. The lowest BCUT2D eigenvalue weighted by atomic mass is 10.2. The Morgan fingerprint density at radius 3 is 2.55 bits per heavy atom. The second-order valence-electron chi connectivity index (χ2n) is 6.48. The zero-order chi connectivity index (χ0) is 21.8. The number of carbonyl (C=O) groups is 1. The highest BCUT2D eigenvalue weighted by Gasteiger charge is 2.19. The van der Waals surface area contributed by atoms with Crippen LogP contribution in [0.25, 0.3) is 17.1 Å². The van der Waals surface area contributed by atoms with Crippen molar-refractivity contribution in [1.29, 1.82) is 0 Å². The molecule has 6 nitrogen and oxygen atoms in total. The van der Waals surface area contributed by atoms with Gasteiger partial charge >= 0.3 is 0 Å². The molecule has 0 atom stereocenters. The summed E-state index contributed by atoms with van der Waals surface area (Å²) in [5, 5.41) is 22.1. The first-order valence-corrected chi connectivity index (χ1v) is 11.0. The van der Waals surface area contributed by atoms with Gasteiger partial charge in [-0.05, 0) is 54.6 Å². The summed E-state index contributed by atoms with van der Waals surface area (Å²) in [6, 6.07) is 20.1. The van der Waals surface area contributed by atoms with Crippen LogP contribution >= 0.6 is 27.7 Å². The van der Waals surface area contributed by atoms with Gasteiger partial charge in [-0.2, -0.15) is 0 Å². The molecule has 1 amide bonds. The lowest BCUT2D eigenvalue weighted by Gasteiger charge is -2.11. The maximum atomic E-state index is 13.0. The summed E-state index contributed by atoms with van der Waals surface area (Å²) in [5.41, 5.74) is 1.81. The van der Waals surface area contributed by atoms with Gasteiger partial charge in [0.05, 0.1) is 11.3 Å². The maximum Gasteiger partial charge on any atom is 0.234 e. The summed E-state index contributed by atoms with van der Waals surface area (Å²) in [4.78, 5) is 12.4. The van der Waals surface area contributed by atoms with E-state index in [-0.39, 0.29) is 23.2 Å². The number of benzene rings is 3. The van der Waals surface area contributed by atoms with E-state index in [1.165, 1.54) is 36.0 Å². The first-order chi connectivity index (χ1) is 15.0. The van der Waals surface area contributed by atoms with Crippen molar-refractivity contribution in [1.82, 2.24) is 14.8 Å². The van der Waals surface area contributed by atoms with Crippen molar-refractivity contribution in [2.45, 2.75) is 5.16 Å². The second-order valence-corrected chi connectivity index (χ2v) is 8.34. The molecule has 0 radical (unpaired) electrons. The van der Waals surface area contributed by atoms with E-state index in [9.17, 15) is 14.3 Å². The fraction of sp³-hybridized carbons (Fsp3) is 0.0455. The summed E-state index contributed by atoms with van der Waals surface area (Å²) in [6.07, 6.45) is 0. The molecule has 9 heteroatoms. The highest BCUT2D eigenvalue weighted by Crippen LogP contribution is 2.34. The second kappa shape index (κ2) is 9.32. The van der Waals surface area contributed by atoms with Crippen LogP contribution in [0.4, 0.5) is 10.1 Å². The first-order valence-electron chi connectivity index (χ1n) is 9.19. The molecule has 1 aromatic heterocycles. The molecule has 0 saturated carbocycles. The Morgan fingerprint density at radius 2 is 1.81 bits per heavy atom. The van der Waals surface area contributed by atoms with E-state index in [4.69, 9.17) is 0 Å². The summed E-state index contributed by atoms with van der Waals surface area (Å²) < 4.78 is 15.6. The number of para-hydroxylation sites is 1. The zero-order valence-corrected chi connectivity index (χ0v) is 18.4. The van der Waals surface area contributed by atoms with Gasteiger partial charge < -0.3 is 10.4 Å². The van der Waals surface area contributed by atoms with Gasteiger partial charge in [0.1, 0.15) is 11.6 Å². The molecular weight excluding hydrogens is 483 g/mol. The number of aromatic nitrogens is 3. The third kappa shape index (κ3) is 4.95. The Morgan fingerprint density at radius 1 is 1.06 bits per heavy atom. The monoisotopic (exact) mass is 498 g/mol. The summed E-state index contributed by atoms with van der Waals surface area (Å²) in [7, 11) is 0. The van der Waals surface area contributed by atoms with Gasteiger partial charge in [0.15, 0.2) is 11.0 Å². The first kappa shape index (κ1) is 21.1. The number of amides is 1. The largest absolute Gasteiger partial charge is 0.507 e. The van der Waals surface area contributed by atoms with Crippen molar-refractivity contribution in [2.24, 2.45) is 0 Å². The number of hydrogen-bond donors (Lipinski definition) is 2. The SMILES string of the molecule is O=C(CSc1nnc(-c2cc(Br)ccc2O)n1-c1ccccc1)Nc1ccc(F)cc1. The number of nitrogens with zero attached hydrogens (tertiary/aromatic N) is 3. The number of phenolic OH excluding ortho intramolecular Hbond substituents is 1. The third-order valence-electron chi connectivity index (χ3n) is 4.31. The van der Waals surface area contributed by atoms with Crippen LogP contribution in [0.2, 0.25) is 0 Å². The number of aromatic hydroxyl groups is 1. The summed E-state index contributed by atoms with van der Waals surface area (Å²) in [6.45, 7) is 0. The quantitative estimate of drug-likeness (QED) is 0.354. The van der Waals surface area contributed by atoms with Crippen LogP contribution in [-0.4, -0.2) is 31.5 Å². The molecule has 0 fully saturated rings. The molecule has 2 N–H and O–H groups in total. The average molecular weight is 499 g/mol. The lowest BCUT2D eigenvalue weighted by molar-refractivity contribution is -0.113. The van der Waals surface area contributed by atoms with Crippen molar-refractivity contribution >= 4 is 39.3 Å². The molecule has 0 spiro atoms. The number of thioether (sulfide) groups is 1. The van der Waals surface area contributed by atoms with Crippen LogP contribution in [0.15, 0.2) is 82.4 Å². The minimum Gasteiger partial charge on any atom is -0.507 e. The van der Waals surface area contributed by atoms with E-state index in [1.54, 1.807) is 22.8 Å². The number of hydrogen-bond acceptors (Lipinski definition) is 5. The number of anilines is 1. The van der Waals surface area contributed by atoms with Gasteiger partial charge in [-0.1, -0.05) is 45.9 Å². The van der Waals surface area contributed by atoms with E-state index in [0.717, 1.165) is 10.2 Å². The Kier molecular flexibility index (Phi) is 6.34. The minimum absolute atomic E-state index is 0.0679. The number of nitrogens with one attached hydrogen (secondary N) is 1. The van der Waals surface area contributed by atoms with Crippen LogP contribution in [0, 0.1) is 5.82 Å². The van der Waals surface area contributed by atoms with Crippen molar-refractivity contribution in [3.8, 4) is 22.8 Å². The van der Waals surface area contributed by atoms with Crippen molar-refractivity contribution in [2.75, 3.05) is 11.1 Å². The van der Waals surface area contributed by atoms with Gasteiger partial charge in [-0.3, -0.25) is 9.36 Å². The smallest absolute Gasteiger partial charge is 0.234 e. The van der Waals surface area contributed by atoms with Gasteiger partial charge in [0, 0.05) is 15.8 Å². The van der Waals surface area contributed by atoms with E-state index >= 15 is 0 Å². The fourth-order valence-corrected chi connectivity index (χ4v) is 4.01. The predicted octanol–water partition coefficient (Wildman–Crippen LogP) is 5.27. The molecule has 0 saturated heterocycles. The van der Waals surface area contributed by atoms with Crippen LogP contribution in [0.3, 0.4) is 0 Å². The molecule has 0 bridgehead atoms. The van der Waals surface area contributed by atoms with Crippen molar-refractivity contribution < 1.29 is 14.3 Å². The molecule has 1 heterocycles. The van der Waals surface area contributed by atoms with E-state index < -0.39 is 0 Å².